The maximum Gasteiger partial charge on any atom is 0.0402 e. The van der Waals surface area contributed by atoms with Crippen molar-refractivity contribution >= 4 is 5.69 Å². The first kappa shape index (κ1) is 9.11. The van der Waals surface area contributed by atoms with E-state index in [1.165, 1.54) is 22.4 Å². The summed E-state index contributed by atoms with van der Waals surface area (Å²) in [5.74, 6) is 0. The van der Waals surface area contributed by atoms with E-state index in [2.05, 4.69) is 45.1 Å². The Hall–Kier alpha value is -0.980. The molecule has 0 saturated heterocycles. The molecule has 1 aromatic carbocycles. The number of hydrogen-bond acceptors (Lipinski definition) is 1. The lowest BCUT2D eigenvalue weighted by Gasteiger charge is -2.12. The lowest BCUT2D eigenvalue weighted by atomic mass is 10.0. The van der Waals surface area contributed by atoms with Gasteiger partial charge in [-0.15, -0.1) is 0 Å². The summed E-state index contributed by atoms with van der Waals surface area (Å²) < 4.78 is 0. The first-order valence-electron chi connectivity index (χ1n) is 4.47. The van der Waals surface area contributed by atoms with Crippen molar-refractivity contribution in [2.75, 3.05) is 11.9 Å². The molecule has 0 amide bonds. The van der Waals surface area contributed by atoms with Crippen LogP contribution < -0.4 is 5.32 Å². The summed E-state index contributed by atoms with van der Waals surface area (Å²) >= 11 is 0. The second kappa shape index (κ2) is 3.61. The molecule has 1 rings (SSSR count). The van der Waals surface area contributed by atoms with Crippen molar-refractivity contribution in [3.63, 3.8) is 0 Å². The van der Waals surface area contributed by atoms with E-state index >= 15 is 0 Å². The van der Waals surface area contributed by atoms with E-state index < -0.39 is 0 Å². The van der Waals surface area contributed by atoms with Gasteiger partial charge in [0, 0.05) is 12.2 Å². The van der Waals surface area contributed by atoms with Crippen LogP contribution in [0.15, 0.2) is 12.1 Å². The van der Waals surface area contributed by atoms with Gasteiger partial charge in [0.2, 0.25) is 0 Å². The lowest BCUT2D eigenvalue weighted by Crippen LogP contribution is -2.02. The summed E-state index contributed by atoms with van der Waals surface area (Å²) in [5.41, 5.74) is 5.37. The minimum Gasteiger partial charge on any atom is -0.385 e. The molecule has 1 N–H and O–H groups in total. The smallest absolute Gasteiger partial charge is 0.0402 e. The molecule has 0 aromatic heterocycles. The van der Waals surface area contributed by atoms with E-state index in [-0.39, 0.29) is 0 Å². The standard InChI is InChI=1S/C11H17N/c1-5-12-11-9(3)7-6-8(2)10(11)4/h6-7,12H,5H2,1-4H3. The van der Waals surface area contributed by atoms with Gasteiger partial charge in [-0.05, 0) is 44.4 Å². The number of rotatable bonds is 2. The summed E-state index contributed by atoms with van der Waals surface area (Å²) in [6, 6.07) is 4.34. The molecule has 0 heterocycles. The molecular formula is C11H17N. The zero-order chi connectivity index (χ0) is 9.14. The van der Waals surface area contributed by atoms with E-state index in [9.17, 15) is 0 Å². The fraction of sp³-hybridized carbons (Fsp3) is 0.455. The molecule has 1 nitrogen and oxygen atoms in total. The summed E-state index contributed by atoms with van der Waals surface area (Å²) in [5, 5.41) is 3.38. The minimum absolute atomic E-state index is 0.991. The Morgan fingerprint density at radius 3 is 2.25 bits per heavy atom. The Kier molecular flexibility index (Phi) is 2.74. The minimum atomic E-state index is 0.991. The highest BCUT2D eigenvalue weighted by Gasteiger charge is 2.02. The van der Waals surface area contributed by atoms with Gasteiger partial charge in [-0.25, -0.2) is 0 Å². The Labute approximate surface area is 74.8 Å². The molecule has 1 heteroatoms. The van der Waals surface area contributed by atoms with E-state index in [0.717, 1.165) is 6.54 Å². The van der Waals surface area contributed by atoms with Crippen molar-refractivity contribution in [3.8, 4) is 0 Å². The van der Waals surface area contributed by atoms with Crippen LogP contribution in [0.25, 0.3) is 0 Å². The van der Waals surface area contributed by atoms with E-state index in [0.29, 0.717) is 0 Å². The first-order valence-corrected chi connectivity index (χ1v) is 4.47. The van der Waals surface area contributed by atoms with E-state index in [4.69, 9.17) is 0 Å². The van der Waals surface area contributed by atoms with Crippen molar-refractivity contribution in [1.29, 1.82) is 0 Å². The molecule has 0 saturated carbocycles. The van der Waals surface area contributed by atoms with Crippen molar-refractivity contribution in [2.45, 2.75) is 27.7 Å². The number of nitrogens with one attached hydrogen (secondary N) is 1. The molecule has 0 aliphatic heterocycles. The van der Waals surface area contributed by atoms with Crippen molar-refractivity contribution in [2.24, 2.45) is 0 Å². The SMILES string of the molecule is CCNc1c(C)ccc(C)c1C. The van der Waals surface area contributed by atoms with Gasteiger partial charge in [-0.2, -0.15) is 0 Å². The largest absolute Gasteiger partial charge is 0.385 e. The third-order valence-corrected chi connectivity index (χ3v) is 2.30. The van der Waals surface area contributed by atoms with Gasteiger partial charge in [0.15, 0.2) is 0 Å². The zero-order valence-electron chi connectivity index (χ0n) is 8.36. The van der Waals surface area contributed by atoms with Crippen LogP contribution in [-0.4, -0.2) is 6.54 Å². The van der Waals surface area contributed by atoms with Gasteiger partial charge in [0.05, 0.1) is 0 Å². The second-order valence-electron chi connectivity index (χ2n) is 3.23. The van der Waals surface area contributed by atoms with Gasteiger partial charge < -0.3 is 5.32 Å². The molecule has 0 aliphatic rings. The molecule has 0 unspecified atom stereocenters. The third-order valence-electron chi connectivity index (χ3n) is 2.30. The first-order chi connectivity index (χ1) is 5.66. The number of anilines is 1. The van der Waals surface area contributed by atoms with Crippen LogP contribution in [0.1, 0.15) is 23.6 Å². The van der Waals surface area contributed by atoms with E-state index in [1.54, 1.807) is 0 Å². The number of aryl methyl sites for hydroxylation is 2. The van der Waals surface area contributed by atoms with Gasteiger partial charge >= 0.3 is 0 Å². The molecule has 12 heavy (non-hydrogen) atoms. The highest BCUT2D eigenvalue weighted by molar-refractivity contribution is 5.59. The van der Waals surface area contributed by atoms with Gasteiger partial charge in [0.25, 0.3) is 0 Å². The third kappa shape index (κ3) is 1.60. The topological polar surface area (TPSA) is 12.0 Å². The van der Waals surface area contributed by atoms with Gasteiger partial charge in [-0.3, -0.25) is 0 Å². The molecular weight excluding hydrogens is 146 g/mol. The molecule has 1 aromatic rings. The Morgan fingerprint density at radius 1 is 1.08 bits per heavy atom. The fourth-order valence-corrected chi connectivity index (χ4v) is 1.40. The van der Waals surface area contributed by atoms with Crippen LogP contribution >= 0.6 is 0 Å². The summed E-state index contributed by atoms with van der Waals surface area (Å²) in [7, 11) is 0. The predicted molar refractivity (Wildman–Crippen MR) is 54.8 cm³/mol. The van der Waals surface area contributed by atoms with Crippen LogP contribution in [0.4, 0.5) is 5.69 Å². The quantitative estimate of drug-likeness (QED) is 0.706. The van der Waals surface area contributed by atoms with Crippen LogP contribution in [0.3, 0.4) is 0 Å². The molecule has 0 fully saturated rings. The second-order valence-corrected chi connectivity index (χ2v) is 3.23. The maximum absolute atomic E-state index is 3.38. The average molecular weight is 163 g/mol. The van der Waals surface area contributed by atoms with E-state index in [1.807, 2.05) is 0 Å². The van der Waals surface area contributed by atoms with Crippen LogP contribution in [-0.2, 0) is 0 Å². The molecule has 0 radical (unpaired) electrons. The van der Waals surface area contributed by atoms with Crippen molar-refractivity contribution < 1.29 is 0 Å². The zero-order valence-corrected chi connectivity index (χ0v) is 8.36. The highest BCUT2D eigenvalue weighted by Crippen LogP contribution is 2.22. The average Bonchev–Trinajstić information content (AvgIpc) is 2.06. The summed E-state index contributed by atoms with van der Waals surface area (Å²) in [4.78, 5) is 0. The summed E-state index contributed by atoms with van der Waals surface area (Å²) in [6.07, 6.45) is 0. The number of hydrogen-bond donors (Lipinski definition) is 1. The normalized spacial score (nSPS) is 10.0. The van der Waals surface area contributed by atoms with Gasteiger partial charge in [0.1, 0.15) is 0 Å². The van der Waals surface area contributed by atoms with Crippen molar-refractivity contribution in [1.82, 2.24) is 0 Å². The van der Waals surface area contributed by atoms with Crippen LogP contribution in [0.5, 0.6) is 0 Å². The highest BCUT2D eigenvalue weighted by atomic mass is 14.9. The van der Waals surface area contributed by atoms with Gasteiger partial charge in [-0.1, -0.05) is 12.1 Å². The predicted octanol–water partition coefficient (Wildman–Crippen LogP) is 3.04. The van der Waals surface area contributed by atoms with Crippen LogP contribution in [0, 0.1) is 20.8 Å². The Morgan fingerprint density at radius 2 is 1.67 bits per heavy atom. The summed E-state index contributed by atoms with van der Waals surface area (Å²) in [6.45, 7) is 9.58. The Balaban J connectivity index is 3.14. The lowest BCUT2D eigenvalue weighted by molar-refractivity contribution is 1.17. The molecule has 0 atom stereocenters. The Bertz CT molecular complexity index is 277. The molecule has 0 spiro atoms. The molecule has 66 valence electrons. The monoisotopic (exact) mass is 163 g/mol. The molecule has 0 bridgehead atoms. The maximum atomic E-state index is 3.38. The molecule has 0 aliphatic carbocycles. The van der Waals surface area contributed by atoms with Crippen molar-refractivity contribution in [3.05, 3.63) is 28.8 Å². The van der Waals surface area contributed by atoms with Crippen LogP contribution in [0.2, 0.25) is 0 Å². The fourth-order valence-electron chi connectivity index (χ4n) is 1.40. The number of benzene rings is 1.